The van der Waals surface area contributed by atoms with Crippen molar-refractivity contribution in [3.63, 3.8) is 0 Å². The van der Waals surface area contributed by atoms with Crippen LogP contribution in [0.2, 0.25) is 10.0 Å². The van der Waals surface area contributed by atoms with E-state index >= 15 is 0 Å². The third kappa shape index (κ3) is 2.97. The summed E-state index contributed by atoms with van der Waals surface area (Å²) in [5.74, 6) is -0.414. The molecule has 24 heavy (non-hydrogen) atoms. The van der Waals surface area contributed by atoms with Crippen LogP contribution >= 0.6 is 23.2 Å². The SMILES string of the molecule is Cc1nn(C)c(Nc2c(F)cccc2Cl)c1-c1ccc(F)cc1Cl. The number of nitrogens with zero attached hydrogens (tertiary/aromatic N) is 2. The van der Waals surface area contributed by atoms with Crippen molar-refractivity contribution in [2.75, 3.05) is 5.32 Å². The normalized spacial score (nSPS) is 10.9. The number of benzene rings is 2. The van der Waals surface area contributed by atoms with Crippen molar-refractivity contribution in [1.82, 2.24) is 9.78 Å². The largest absolute Gasteiger partial charge is 0.336 e. The Morgan fingerprint density at radius 3 is 2.50 bits per heavy atom. The molecule has 0 saturated heterocycles. The number of hydrogen-bond acceptors (Lipinski definition) is 2. The smallest absolute Gasteiger partial charge is 0.148 e. The fraction of sp³-hybridized carbons (Fsp3) is 0.118. The van der Waals surface area contributed by atoms with E-state index in [9.17, 15) is 8.78 Å². The summed E-state index contributed by atoms with van der Waals surface area (Å²) in [4.78, 5) is 0. The second-order valence-corrected chi connectivity index (χ2v) is 6.09. The van der Waals surface area contributed by atoms with Crippen LogP contribution in [0.5, 0.6) is 0 Å². The van der Waals surface area contributed by atoms with Gasteiger partial charge in [0.15, 0.2) is 0 Å². The lowest BCUT2D eigenvalue weighted by Crippen LogP contribution is -2.02. The summed E-state index contributed by atoms with van der Waals surface area (Å²) in [6.45, 7) is 1.79. The van der Waals surface area contributed by atoms with Crippen molar-refractivity contribution < 1.29 is 8.78 Å². The van der Waals surface area contributed by atoms with Crippen molar-refractivity contribution in [3.8, 4) is 11.1 Å². The van der Waals surface area contributed by atoms with Crippen LogP contribution in [0.15, 0.2) is 36.4 Å². The van der Waals surface area contributed by atoms with Gasteiger partial charge in [0.1, 0.15) is 17.5 Å². The summed E-state index contributed by atoms with van der Waals surface area (Å²) in [6, 6.07) is 8.52. The van der Waals surface area contributed by atoms with Gasteiger partial charge in [-0.25, -0.2) is 8.78 Å². The van der Waals surface area contributed by atoms with E-state index in [1.54, 1.807) is 30.8 Å². The van der Waals surface area contributed by atoms with Crippen LogP contribution in [-0.4, -0.2) is 9.78 Å². The molecule has 3 nitrogen and oxygen atoms in total. The molecular weight excluding hydrogens is 355 g/mol. The topological polar surface area (TPSA) is 29.9 Å². The Morgan fingerprint density at radius 1 is 1.08 bits per heavy atom. The Hall–Kier alpha value is -2.11. The first-order valence-electron chi connectivity index (χ1n) is 7.08. The fourth-order valence-electron chi connectivity index (χ4n) is 2.55. The average Bonchev–Trinajstić information content (AvgIpc) is 2.77. The lowest BCUT2D eigenvalue weighted by Gasteiger charge is -2.13. The molecule has 3 aromatic rings. The van der Waals surface area contributed by atoms with Crippen LogP contribution in [0, 0.1) is 18.6 Å². The highest BCUT2D eigenvalue weighted by molar-refractivity contribution is 6.34. The van der Waals surface area contributed by atoms with Gasteiger partial charge in [-0.3, -0.25) is 4.68 Å². The molecule has 0 aliphatic carbocycles. The summed E-state index contributed by atoms with van der Waals surface area (Å²) in [5, 5.41) is 7.81. The molecule has 3 rings (SSSR count). The minimum Gasteiger partial charge on any atom is -0.336 e. The first-order chi connectivity index (χ1) is 11.4. The van der Waals surface area contributed by atoms with Gasteiger partial charge < -0.3 is 5.32 Å². The predicted octanol–water partition coefficient (Wildman–Crippen LogP) is 5.72. The van der Waals surface area contributed by atoms with Crippen molar-refractivity contribution >= 4 is 34.7 Å². The van der Waals surface area contributed by atoms with Gasteiger partial charge in [-0.1, -0.05) is 29.3 Å². The van der Waals surface area contributed by atoms with Gasteiger partial charge >= 0.3 is 0 Å². The number of rotatable bonds is 3. The Bertz CT molecular complexity index is 902. The third-order valence-electron chi connectivity index (χ3n) is 3.63. The molecule has 0 unspecified atom stereocenters. The summed E-state index contributed by atoms with van der Waals surface area (Å²) in [7, 11) is 1.71. The maximum Gasteiger partial charge on any atom is 0.148 e. The summed E-state index contributed by atoms with van der Waals surface area (Å²) < 4.78 is 29.0. The Balaban J connectivity index is 2.16. The number of aryl methyl sites for hydroxylation is 2. The zero-order valence-electron chi connectivity index (χ0n) is 12.9. The van der Waals surface area contributed by atoms with E-state index in [1.807, 2.05) is 0 Å². The number of halogens is 4. The van der Waals surface area contributed by atoms with E-state index in [2.05, 4.69) is 10.4 Å². The maximum atomic E-state index is 14.1. The summed E-state index contributed by atoms with van der Waals surface area (Å²) in [5.41, 5.74) is 2.06. The molecule has 0 aliphatic rings. The molecule has 0 fully saturated rings. The van der Waals surface area contributed by atoms with Gasteiger partial charge in [0.2, 0.25) is 0 Å². The van der Waals surface area contributed by atoms with Gasteiger partial charge in [0.05, 0.1) is 21.4 Å². The molecule has 7 heteroatoms. The van der Waals surface area contributed by atoms with Crippen LogP contribution < -0.4 is 5.32 Å². The predicted molar refractivity (Wildman–Crippen MR) is 93.0 cm³/mol. The van der Waals surface area contributed by atoms with Gasteiger partial charge in [-0.05, 0) is 37.3 Å². The molecule has 0 saturated carbocycles. The van der Waals surface area contributed by atoms with E-state index in [0.717, 1.165) is 0 Å². The number of nitrogens with one attached hydrogen (secondary N) is 1. The van der Waals surface area contributed by atoms with Crippen molar-refractivity contribution in [2.45, 2.75) is 6.92 Å². The summed E-state index contributed by atoms with van der Waals surface area (Å²) in [6.07, 6.45) is 0. The first-order valence-corrected chi connectivity index (χ1v) is 7.84. The van der Waals surface area contributed by atoms with Crippen LogP contribution in [0.3, 0.4) is 0 Å². The zero-order chi connectivity index (χ0) is 17.4. The Morgan fingerprint density at radius 2 is 1.83 bits per heavy atom. The quantitative estimate of drug-likeness (QED) is 0.640. The Labute approximate surface area is 147 Å². The second kappa shape index (κ2) is 6.42. The van der Waals surface area contributed by atoms with Crippen LogP contribution in [0.1, 0.15) is 5.69 Å². The minimum atomic E-state index is -0.488. The molecular formula is C17H13Cl2F2N3. The monoisotopic (exact) mass is 367 g/mol. The molecule has 124 valence electrons. The van der Waals surface area contributed by atoms with E-state index in [1.165, 1.54) is 24.3 Å². The molecule has 0 spiro atoms. The van der Waals surface area contributed by atoms with Crippen LogP contribution in [0.25, 0.3) is 11.1 Å². The lowest BCUT2D eigenvalue weighted by molar-refractivity contribution is 0.628. The first kappa shape index (κ1) is 16.7. The molecule has 0 radical (unpaired) electrons. The van der Waals surface area contributed by atoms with Crippen molar-refractivity contribution in [1.29, 1.82) is 0 Å². The van der Waals surface area contributed by atoms with Crippen LogP contribution in [-0.2, 0) is 7.05 Å². The zero-order valence-corrected chi connectivity index (χ0v) is 14.4. The highest BCUT2D eigenvalue weighted by Crippen LogP contribution is 2.38. The number of hydrogen-bond donors (Lipinski definition) is 1. The molecule has 0 amide bonds. The lowest BCUT2D eigenvalue weighted by atomic mass is 10.1. The van der Waals surface area contributed by atoms with Gasteiger partial charge in [-0.15, -0.1) is 0 Å². The van der Waals surface area contributed by atoms with Crippen LogP contribution in [0.4, 0.5) is 20.3 Å². The van der Waals surface area contributed by atoms with E-state index in [4.69, 9.17) is 23.2 Å². The Kier molecular flexibility index (Phi) is 4.47. The summed E-state index contributed by atoms with van der Waals surface area (Å²) >= 11 is 12.3. The molecule has 1 heterocycles. The molecule has 0 atom stereocenters. The highest BCUT2D eigenvalue weighted by atomic mass is 35.5. The number of anilines is 2. The van der Waals surface area contributed by atoms with Gasteiger partial charge in [0.25, 0.3) is 0 Å². The van der Waals surface area contributed by atoms with E-state index < -0.39 is 11.6 Å². The molecule has 0 aliphatic heterocycles. The fourth-order valence-corrected chi connectivity index (χ4v) is 3.02. The molecule has 1 aromatic heterocycles. The minimum absolute atomic E-state index is 0.140. The number of para-hydroxylation sites is 1. The maximum absolute atomic E-state index is 14.1. The van der Waals surface area contributed by atoms with E-state index in [-0.39, 0.29) is 15.7 Å². The van der Waals surface area contributed by atoms with Gasteiger partial charge in [0, 0.05) is 18.2 Å². The van der Waals surface area contributed by atoms with Crippen molar-refractivity contribution in [3.05, 3.63) is 63.8 Å². The number of aromatic nitrogens is 2. The van der Waals surface area contributed by atoms with E-state index in [0.29, 0.717) is 22.6 Å². The molecule has 2 aromatic carbocycles. The second-order valence-electron chi connectivity index (χ2n) is 5.28. The van der Waals surface area contributed by atoms with Gasteiger partial charge in [-0.2, -0.15) is 5.10 Å². The van der Waals surface area contributed by atoms with Crippen molar-refractivity contribution in [2.24, 2.45) is 7.05 Å². The highest BCUT2D eigenvalue weighted by Gasteiger charge is 2.20. The molecule has 1 N–H and O–H groups in total. The standard InChI is InChI=1S/C17H13Cl2F2N3/c1-9-15(11-7-6-10(20)8-13(11)19)17(24(2)23-9)22-16-12(18)4-3-5-14(16)21/h3-8,22H,1-2H3. The third-order valence-corrected chi connectivity index (χ3v) is 4.26. The molecule has 0 bridgehead atoms. The average molecular weight is 368 g/mol.